The van der Waals surface area contributed by atoms with E-state index in [9.17, 15) is 4.79 Å². The number of nitrogen functional groups attached to an aromatic ring is 1. The molecule has 2 fully saturated rings. The Kier molecular flexibility index (Phi) is 6.65. The number of carbonyl (C=O) groups excluding carboxylic acids is 1. The maximum absolute atomic E-state index is 11.1. The molecule has 11 heteroatoms. The molecule has 0 unspecified atom stereocenters. The predicted molar refractivity (Wildman–Crippen MR) is 117 cm³/mol. The van der Waals surface area contributed by atoms with Crippen molar-refractivity contribution in [1.29, 1.82) is 0 Å². The first-order valence-corrected chi connectivity index (χ1v) is 10.3. The van der Waals surface area contributed by atoms with Gasteiger partial charge in [0.05, 0.1) is 18.9 Å². The van der Waals surface area contributed by atoms with E-state index in [0.717, 1.165) is 24.9 Å². The van der Waals surface area contributed by atoms with E-state index >= 15 is 0 Å². The number of likely N-dealkylation sites (N-methyl/N-ethyl adjacent to an activating group) is 1. The lowest BCUT2D eigenvalue weighted by molar-refractivity contribution is 0.111. The van der Waals surface area contributed by atoms with Gasteiger partial charge in [0.1, 0.15) is 5.69 Å². The largest absolute Gasteiger partial charge is 0.378 e. The standard InChI is InChI=1S/C15H15N7O2.C5H12N2/c16-15-17-5-10(6-18-15)12-8-22-7-11(9-23)19-13(22)14(20-12)21-1-3-24-4-2-21;1-7-4-2-6-3-5-7/h5-9H,1-4H2,(H2,16,17,18);6H,2-5H2,1H3. The Morgan fingerprint density at radius 1 is 1.06 bits per heavy atom. The van der Waals surface area contributed by atoms with Crippen molar-refractivity contribution in [3.63, 3.8) is 0 Å². The third-order valence-corrected chi connectivity index (χ3v) is 5.18. The molecular formula is C20H27N9O2. The second-order valence-electron chi connectivity index (χ2n) is 7.45. The van der Waals surface area contributed by atoms with E-state index in [1.54, 1.807) is 29.2 Å². The number of morpholine rings is 1. The normalized spacial score (nSPS) is 17.3. The summed E-state index contributed by atoms with van der Waals surface area (Å²) >= 11 is 0. The number of nitrogens with two attached hydrogens (primary N) is 1. The van der Waals surface area contributed by atoms with Gasteiger partial charge in [0.2, 0.25) is 5.95 Å². The molecule has 0 spiro atoms. The number of rotatable bonds is 3. The number of fused-ring (bicyclic) bond motifs is 1. The average Bonchev–Trinajstić information content (AvgIpc) is 3.24. The lowest BCUT2D eigenvalue weighted by atomic mass is 10.2. The molecule has 2 aliphatic rings. The van der Waals surface area contributed by atoms with Gasteiger partial charge >= 0.3 is 0 Å². The molecule has 31 heavy (non-hydrogen) atoms. The molecule has 0 atom stereocenters. The van der Waals surface area contributed by atoms with Crippen LogP contribution in [0.15, 0.2) is 24.8 Å². The molecule has 2 saturated heterocycles. The van der Waals surface area contributed by atoms with Gasteiger partial charge in [-0.25, -0.2) is 19.9 Å². The van der Waals surface area contributed by atoms with Gasteiger partial charge in [-0.15, -0.1) is 0 Å². The minimum absolute atomic E-state index is 0.208. The summed E-state index contributed by atoms with van der Waals surface area (Å²) in [7, 11) is 2.15. The highest BCUT2D eigenvalue weighted by molar-refractivity contribution is 5.77. The van der Waals surface area contributed by atoms with Gasteiger partial charge in [-0.05, 0) is 7.05 Å². The third kappa shape index (κ3) is 5.13. The summed E-state index contributed by atoms with van der Waals surface area (Å²) in [6.45, 7) is 7.43. The van der Waals surface area contributed by atoms with Crippen LogP contribution in [0, 0.1) is 0 Å². The SMILES string of the molecule is CN1CCNCC1.Nc1ncc(-c2cn3cc(C=O)nc3c(N3CCOCC3)n2)cn1. The second kappa shape index (κ2) is 9.77. The first-order chi connectivity index (χ1) is 15.1. The molecule has 3 aromatic rings. The monoisotopic (exact) mass is 425 g/mol. The van der Waals surface area contributed by atoms with Crippen LogP contribution in [0.5, 0.6) is 0 Å². The molecule has 11 nitrogen and oxygen atoms in total. The van der Waals surface area contributed by atoms with Crippen LogP contribution in [0.1, 0.15) is 10.5 Å². The lowest BCUT2D eigenvalue weighted by Gasteiger charge is -2.28. The number of anilines is 2. The average molecular weight is 425 g/mol. The zero-order valence-electron chi connectivity index (χ0n) is 17.6. The molecule has 2 aliphatic heterocycles. The molecule has 0 aromatic carbocycles. The van der Waals surface area contributed by atoms with E-state index in [2.05, 4.69) is 37.1 Å². The van der Waals surface area contributed by atoms with Crippen LogP contribution in [-0.4, -0.2) is 95.1 Å². The minimum atomic E-state index is 0.208. The molecule has 0 bridgehead atoms. The zero-order chi connectivity index (χ0) is 21.6. The maximum Gasteiger partial charge on any atom is 0.219 e. The number of piperazine rings is 1. The van der Waals surface area contributed by atoms with Crippen LogP contribution in [-0.2, 0) is 4.74 Å². The Balaban J connectivity index is 0.000000282. The summed E-state index contributed by atoms with van der Waals surface area (Å²) in [5, 5.41) is 3.27. The molecule has 0 radical (unpaired) electrons. The molecule has 0 saturated carbocycles. The Bertz CT molecular complexity index is 1010. The lowest BCUT2D eigenvalue weighted by Crippen LogP contribution is -2.40. The van der Waals surface area contributed by atoms with Gasteiger partial charge in [-0.2, -0.15) is 0 Å². The van der Waals surface area contributed by atoms with Crippen molar-refractivity contribution >= 4 is 23.7 Å². The number of aldehydes is 1. The van der Waals surface area contributed by atoms with Gasteiger partial charge < -0.3 is 30.0 Å². The number of hydrogen-bond acceptors (Lipinski definition) is 10. The van der Waals surface area contributed by atoms with Crippen molar-refractivity contribution in [2.45, 2.75) is 0 Å². The van der Waals surface area contributed by atoms with Gasteiger partial charge in [0.15, 0.2) is 17.8 Å². The number of nitrogens with zero attached hydrogens (tertiary/aromatic N) is 7. The van der Waals surface area contributed by atoms with Crippen molar-refractivity contribution in [3.8, 4) is 11.3 Å². The first kappa shape index (κ1) is 21.1. The maximum atomic E-state index is 11.1. The van der Waals surface area contributed by atoms with Crippen LogP contribution in [0.3, 0.4) is 0 Å². The Morgan fingerprint density at radius 3 is 2.39 bits per heavy atom. The number of carbonyl (C=O) groups is 1. The topological polar surface area (TPSA) is 127 Å². The molecular weight excluding hydrogens is 398 g/mol. The summed E-state index contributed by atoms with van der Waals surface area (Å²) in [4.78, 5) is 32.6. The highest BCUT2D eigenvalue weighted by atomic mass is 16.5. The van der Waals surface area contributed by atoms with Crippen molar-refractivity contribution in [2.75, 3.05) is 70.2 Å². The van der Waals surface area contributed by atoms with Gasteiger partial charge in [-0.1, -0.05) is 0 Å². The quantitative estimate of drug-likeness (QED) is 0.551. The van der Waals surface area contributed by atoms with E-state index in [-0.39, 0.29) is 5.95 Å². The molecule has 164 valence electrons. The number of ether oxygens (including phenoxy) is 1. The molecule has 5 rings (SSSR count). The van der Waals surface area contributed by atoms with Crippen molar-refractivity contribution in [1.82, 2.24) is 34.6 Å². The minimum Gasteiger partial charge on any atom is -0.378 e. The Hall–Kier alpha value is -3.15. The highest BCUT2D eigenvalue weighted by Gasteiger charge is 2.19. The molecule has 3 aromatic heterocycles. The Labute approximate surface area is 180 Å². The van der Waals surface area contributed by atoms with Gasteiger partial charge in [0.25, 0.3) is 0 Å². The van der Waals surface area contributed by atoms with Crippen LogP contribution in [0.4, 0.5) is 11.8 Å². The van der Waals surface area contributed by atoms with Gasteiger partial charge in [-0.3, -0.25) is 4.79 Å². The molecule has 0 aliphatic carbocycles. The van der Waals surface area contributed by atoms with E-state index in [1.807, 2.05) is 0 Å². The number of imidazole rings is 1. The second-order valence-corrected chi connectivity index (χ2v) is 7.45. The van der Waals surface area contributed by atoms with Crippen LogP contribution >= 0.6 is 0 Å². The van der Waals surface area contributed by atoms with Crippen LogP contribution in [0.25, 0.3) is 16.9 Å². The smallest absolute Gasteiger partial charge is 0.219 e. The van der Waals surface area contributed by atoms with Crippen molar-refractivity contribution in [2.24, 2.45) is 0 Å². The fourth-order valence-corrected chi connectivity index (χ4v) is 3.43. The summed E-state index contributed by atoms with van der Waals surface area (Å²) in [5.74, 6) is 0.917. The Morgan fingerprint density at radius 2 is 1.77 bits per heavy atom. The third-order valence-electron chi connectivity index (χ3n) is 5.18. The van der Waals surface area contributed by atoms with E-state index in [1.165, 1.54) is 13.1 Å². The van der Waals surface area contributed by atoms with Crippen molar-refractivity contribution in [3.05, 3.63) is 30.5 Å². The fourth-order valence-electron chi connectivity index (χ4n) is 3.43. The highest BCUT2D eigenvalue weighted by Crippen LogP contribution is 2.25. The number of hydrogen-bond donors (Lipinski definition) is 2. The number of aromatic nitrogens is 5. The fraction of sp³-hybridized carbons (Fsp3) is 0.450. The molecule has 5 heterocycles. The van der Waals surface area contributed by atoms with Crippen LogP contribution in [0.2, 0.25) is 0 Å². The van der Waals surface area contributed by atoms with E-state index < -0.39 is 0 Å². The summed E-state index contributed by atoms with van der Waals surface area (Å²) in [5.41, 5.74) is 7.96. The first-order valence-electron chi connectivity index (χ1n) is 10.3. The van der Waals surface area contributed by atoms with E-state index in [4.69, 9.17) is 15.5 Å². The summed E-state index contributed by atoms with van der Waals surface area (Å²) in [6, 6.07) is 0. The van der Waals surface area contributed by atoms with Crippen molar-refractivity contribution < 1.29 is 9.53 Å². The van der Waals surface area contributed by atoms with E-state index in [0.29, 0.717) is 49.2 Å². The molecule has 3 N–H and O–H groups in total. The zero-order valence-corrected chi connectivity index (χ0v) is 17.6. The summed E-state index contributed by atoms with van der Waals surface area (Å²) in [6.07, 6.45) is 7.44. The number of nitrogens with one attached hydrogen (secondary N) is 1. The molecule has 0 amide bonds. The predicted octanol–water partition coefficient (Wildman–Crippen LogP) is -0.0610. The summed E-state index contributed by atoms with van der Waals surface area (Å²) < 4.78 is 7.20. The van der Waals surface area contributed by atoms with Gasteiger partial charge in [0, 0.05) is 69.6 Å². The van der Waals surface area contributed by atoms with Crippen LogP contribution < -0.4 is 16.0 Å².